The van der Waals surface area contributed by atoms with Gasteiger partial charge in [0.2, 0.25) is 5.91 Å². The van der Waals surface area contributed by atoms with Crippen LogP contribution in [0.2, 0.25) is 0 Å². The van der Waals surface area contributed by atoms with Crippen LogP contribution in [0.3, 0.4) is 0 Å². The molecule has 0 aromatic heterocycles. The molecule has 0 aliphatic rings. The first-order chi connectivity index (χ1) is 9.62. The second-order valence-electron chi connectivity index (χ2n) is 4.50. The van der Waals surface area contributed by atoms with Crippen LogP contribution in [0.15, 0.2) is 18.2 Å². The Morgan fingerprint density at radius 3 is 2.65 bits per heavy atom. The topological polar surface area (TPSA) is 59.6 Å². The highest BCUT2D eigenvalue weighted by Crippen LogP contribution is 2.30. The fourth-order valence-corrected chi connectivity index (χ4v) is 1.74. The van der Waals surface area contributed by atoms with Crippen LogP contribution in [-0.2, 0) is 4.79 Å². The van der Waals surface area contributed by atoms with Crippen LogP contribution < -0.4 is 20.1 Å². The number of rotatable bonds is 8. The predicted molar refractivity (Wildman–Crippen MR) is 80.5 cm³/mol. The van der Waals surface area contributed by atoms with E-state index < -0.39 is 0 Å². The minimum Gasteiger partial charge on any atom is -0.493 e. The standard InChI is InChI=1S/C15H24N2O3/c1-5-16-10-11(3)15(18)17-12-7-8-13(20-6-2)14(9-12)19-4/h7-9,11,16H,5-6,10H2,1-4H3,(H,17,18). The van der Waals surface area contributed by atoms with Crippen LogP contribution in [-0.4, -0.2) is 32.7 Å². The summed E-state index contributed by atoms with van der Waals surface area (Å²) in [5.41, 5.74) is 0.707. The molecule has 0 aliphatic carbocycles. The molecule has 1 aromatic carbocycles. The highest BCUT2D eigenvalue weighted by molar-refractivity contribution is 5.92. The maximum absolute atomic E-state index is 12.0. The summed E-state index contributed by atoms with van der Waals surface area (Å²) in [6.45, 7) is 7.91. The lowest BCUT2D eigenvalue weighted by Gasteiger charge is -2.14. The lowest BCUT2D eigenvalue weighted by atomic mass is 10.1. The van der Waals surface area contributed by atoms with Crippen molar-refractivity contribution in [3.8, 4) is 11.5 Å². The van der Waals surface area contributed by atoms with E-state index in [1.54, 1.807) is 19.2 Å². The van der Waals surface area contributed by atoms with Crippen molar-refractivity contribution < 1.29 is 14.3 Å². The molecule has 0 saturated heterocycles. The Labute approximate surface area is 120 Å². The van der Waals surface area contributed by atoms with Gasteiger partial charge >= 0.3 is 0 Å². The van der Waals surface area contributed by atoms with Gasteiger partial charge in [0.1, 0.15) is 0 Å². The lowest BCUT2D eigenvalue weighted by Crippen LogP contribution is -2.30. The molecular weight excluding hydrogens is 256 g/mol. The van der Waals surface area contributed by atoms with Gasteiger partial charge in [0, 0.05) is 24.2 Å². The normalized spacial score (nSPS) is 11.8. The van der Waals surface area contributed by atoms with Gasteiger partial charge in [-0.05, 0) is 25.6 Å². The van der Waals surface area contributed by atoms with E-state index in [1.807, 2.05) is 26.8 Å². The van der Waals surface area contributed by atoms with E-state index in [4.69, 9.17) is 9.47 Å². The van der Waals surface area contributed by atoms with E-state index >= 15 is 0 Å². The molecule has 1 rings (SSSR count). The SMILES string of the molecule is CCNCC(C)C(=O)Nc1ccc(OCC)c(OC)c1. The van der Waals surface area contributed by atoms with Crippen LogP contribution in [0.1, 0.15) is 20.8 Å². The molecule has 5 heteroatoms. The summed E-state index contributed by atoms with van der Waals surface area (Å²) in [4.78, 5) is 12.0. The van der Waals surface area contributed by atoms with Crippen molar-refractivity contribution in [1.29, 1.82) is 0 Å². The molecule has 0 radical (unpaired) electrons. The number of ether oxygens (including phenoxy) is 2. The fourth-order valence-electron chi connectivity index (χ4n) is 1.74. The molecule has 1 atom stereocenters. The Morgan fingerprint density at radius 2 is 2.05 bits per heavy atom. The van der Waals surface area contributed by atoms with Gasteiger partial charge in [-0.1, -0.05) is 13.8 Å². The molecule has 1 amide bonds. The highest BCUT2D eigenvalue weighted by Gasteiger charge is 2.13. The maximum atomic E-state index is 12.0. The molecule has 20 heavy (non-hydrogen) atoms. The van der Waals surface area contributed by atoms with E-state index in [9.17, 15) is 4.79 Å². The molecular formula is C15H24N2O3. The largest absolute Gasteiger partial charge is 0.493 e. The average molecular weight is 280 g/mol. The summed E-state index contributed by atoms with van der Waals surface area (Å²) in [5.74, 6) is 1.18. The van der Waals surface area contributed by atoms with Crippen molar-refractivity contribution in [2.75, 3.05) is 32.1 Å². The lowest BCUT2D eigenvalue weighted by molar-refractivity contribution is -0.119. The third-order valence-electron chi connectivity index (χ3n) is 2.88. The molecule has 1 aromatic rings. The van der Waals surface area contributed by atoms with Crippen LogP contribution in [0.5, 0.6) is 11.5 Å². The number of carbonyl (C=O) groups is 1. The van der Waals surface area contributed by atoms with Gasteiger partial charge in [-0.3, -0.25) is 4.79 Å². The Morgan fingerprint density at radius 1 is 1.30 bits per heavy atom. The monoisotopic (exact) mass is 280 g/mol. The molecule has 0 bridgehead atoms. The Kier molecular flexibility index (Phi) is 6.87. The Hall–Kier alpha value is -1.75. The number of amides is 1. The minimum absolute atomic E-state index is 0.0165. The molecule has 2 N–H and O–H groups in total. The minimum atomic E-state index is -0.0903. The predicted octanol–water partition coefficient (Wildman–Crippen LogP) is 2.28. The van der Waals surface area contributed by atoms with E-state index in [2.05, 4.69) is 10.6 Å². The summed E-state index contributed by atoms with van der Waals surface area (Å²) in [7, 11) is 1.58. The molecule has 112 valence electrons. The number of carbonyl (C=O) groups excluding carboxylic acids is 1. The third kappa shape index (κ3) is 4.74. The summed E-state index contributed by atoms with van der Waals surface area (Å²) in [5, 5.41) is 6.04. The highest BCUT2D eigenvalue weighted by atomic mass is 16.5. The van der Waals surface area contributed by atoms with E-state index in [-0.39, 0.29) is 11.8 Å². The summed E-state index contributed by atoms with van der Waals surface area (Å²) < 4.78 is 10.7. The van der Waals surface area contributed by atoms with Crippen molar-refractivity contribution in [3.05, 3.63) is 18.2 Å². The van der Waals surface area contributed by atoms with Crippen molar-refractivity contribution >= 4 is 11.6 Å². The van der Waals surface area contributed by atoms with Crippen LogP contribution >= 0.6 is 0 Å². The van der Waals surface area contributed by atoms with Crippen LogP contribution in [0.4, 0.5) is 5.69 Å². The first-order valence-electron chi connectivity index (χ1n) is 6.94. The van der Waals surface area contributed by atoms with Crippen molar-refractivity contribution in [2.24, 2.45) is 5.92 Å². The smallest absolute Gasteiger partial charge is 0.228 e. The molecule has 0 spiro atoms. The third-order valence-corrected chi connectivity index (χ3v) is 2.88. The molecule has 0 heterocycles. The zero-order valence-corrected chi connectivity index (χ0v) is 12.7. The van der Waals surface area contributed by atoms with E-state index in [1.165, 1.54) is 0 Å². The summed E-state index contributed by atoms with van der Waals surface area (Å²) >= 11 is 0. The zero-order valence-electron chi connectivity index (χ0n) is 12.7. The van der Waals surface area contributed by atoms with Crippen molar-refractivity contribution in [2.45, 2.75) is 20.8 Å². The van der Waals surface area contributed by atoms with Gasteiger partial charge in [0.15, 0.2) is 11.5 Å². The molecule has 0 fully saturated rings. The maximum Gasteiger partial charge on any atom is 0.228 e. The van der Waals surface area contributed by atoms with Gasteiger partial charge in [0.25, 0.3) is 0 Å². The van der Waals surface area contributed by atoms with E-state index in [0.717, 1.165) is 6.54 Å². The van der Waals surface area contributed by atoms with Gasteiger partial charge in [-0.25, -0.2) is 0 Å². The van der Waals surface area contributed by atoms with Crippen LogP contribution in [0.25, 0.3) is 0 Å². The fraction of sp³-hybridized carbons (Fsp3) is 0.533. The van der Waals surface area contributed by atoms with Crippen LogP contribution in [0, 0.1) is 5.92 Å². The quantitative estimate of drug-likeness (QED) is 0.767. The summed E-state index contributed by atoms with van der Waals surface area (Å²) in [6.07, 6.45) is 0. The number of methoxy groups -OCH3 is 1. The number of hydrogen-bond acceptors (Lipinski definition) is 4. The molecule has 0 aliphatic heterocycles. The average Bonchev–Trinajstić information content (AvgIpc) is 2.46. The molecule has 5 nitrogen and oxygen atoms in total. The van der Waals surface area contributed by atoms with Gasteiger partial charge in [0.05, 0.1) is 13.7 Å². The number of anilines is 1. The Balaban J connectivity index is 2.70. The van der Waals surface area contributed by atoms with Gasteiger partial charge in [-0.15, -0.1) is 0 Å². The molecule has 1 unspecified atom stereocenters. The first kappa shape index (κ1) is 16.3. The van der Waals surface area contributed by atoms with Gasteiger partial charge < -0.3 is 20.1 Å². The second kappa shape index (κ2) is 8.43. The second-order valence-corrected chi connectivity index (χ2v) is 4.50. The summed E-state index contributed by atoms with van der Waals surface area (Å²) in [6, 6.07) is 5.38. The number of benzene rings is 1. The number of hydrogen-bond donors (Lipinski definition) is 2. The first-order valence-corrected chi connectivity index (χ1v) is 6.94. The number of nitrogens with one attached hydrogen (secondary N) is 2. The van der Waals surface area contributed by atoms with Crippen molar-refractivity contribution in [3.63, 3.8) is 0 Å². The van der Waals surface area contributed by atoms with E-state index in [0.29, 0.717) is 30.3 Å². The Bertz CT molecular complexity index is 435. The zero-order chi connectivity index (χ0) is 15.0. The van der Waals surface area contributed by atoms with Crippen molar-refractivity contribution in [1.82, 2.24) is 5.32 Å². The molecule has 0 saturated carbocycles. The van der Waals surface area contributed by atoms with Gasteiger partial charge in [-0.2, -0.15) is 0 Å².